The summed E-state index contributed by atoms with van der Waals surface area (Å²) in [6, 6.07) is 17.6. The molecule has 2 aromatic carbocycles. The summed E-state index contributed by atoms with van der Waals surface area (Å²) in [6.07, 6.45) is 3.12. The van der Waals surface area contributed by atoms with Gasteiger partial charge in [-0.3, -0.25) is 4.79 Å². The number of furan rings is 1. The van der Waals surface area contributed by atoms with E-state index in [1.165, 1.54) is 24.5 Å². The molecule has 0 atom stereocenters. The molecule has 3 aromatic rings. The Labute approximate surface area is 193 Å². The first-order chi connectivity index (χ1) is 15.8. The number of allylic oxidation sites excluding steroid dienone is 1. The lowest BCUT2D eigenvalue weighted by Crippen LogP contribution is -2.36. The number of ketones is 1. The monoisotopic (exact) mass is 466 g/mol. The molecule has 0 aliphatic carbocycles. The van der Waals surface area contributed by atoms with Crippen molar-refractivity contribution < 1.29 is 22.4 Å². The molecule has 172 valence electrons. The van der Waals surface area contributed by atoms with Crippen molar-refractivity contribution >= 4 is 27.6 Å². The highest BCUT2D eigenvalue weighted by Crippen LogP contribution is 2.25. The molecule has 0 amide bonds. The first kappa shape index (κ1) is 23.0. The lowest BCUT2D eigenvalue weighted by molar-refractivity contribution is 0.104. The largest absolute Gasteiger partial charge is 0.457 e. The minimum absolute atomic E-state index is 0.111. The van der Waals surface area contributed by atoms with Crippen LogP contribution in [-0.4, -0.2) is 58.9 Å². The molecule has 0 saturated carbocycles. The zero-order valence-corrected chi connectivity index (χ0v) is 19.4. The average Bonchev–Trinajstić information content (AvgIpc) is 3.32. The van der Waals surface area contributed by atoms with Gasteiger partial charge in [0.2, 0.25) is 10.0 Å². The van der Waals surface area contributed by atoms with E-state index >= 15 is 0 Å². The number of nitrogens with zero attached hydrogens (tertiary/aromatic N) is 2. The highest BCUT2D eigenvalue weighted by atomic mass is 32.2. The normalized spacial score (nSPS) is 14.8. The maximum atomic E-state index is 12.5. The van der Waals surface area contributed by atoms with Gasteiger partial charge in [-0.25, -0.2) is 12.7 Å². The smallest absolute Gasteiger partial charge is 0.242 e. The Bertz CT molecular complexity index is 1240. The first-order valence-corrected chi connectivity index (χ1v) is 12.1. The van der Waals surface area contributed by atoms with Crippen LogP contribution in [0.4, 0.5) is 5.69 Å². The van der Waals surface area contributed by atoms with Crippen LogP contribution in [0.15, 0.2) is 76.1 Å². The molecule has 2 heterocycles. The summed E-state index contributed by atoms with van der Waals surface area (Å²) < 4.78 is 36.8. The van der Waals surface area contributed by atoms with Gasteiger partial charge in [0.25, 0.3) is 0 Å². The minimum atomic E-state index is -3.48. The molecule has 1 aliphatic rings. The van der Waals surface area contributed by atoms with E-state index in [4.69, 9.17) is 9.15 Å². The van der Waals surface area contributed by atoms with Gasteiger partial charge in [0.1, 0.15) is 11.5 Å². The number of hydrogen-bond donors (Lipinski definition) is 0. The molecular weight excluding hydrogens is 440 g/mol. The molecule has 0 N–H and O–H groups in total. The van der Waals surface area contributed by atoms with E-state index < -0.39 is 10.0 Å². The van der Waals surface area contributed by atoms with Crippen LogP contribution in [0.1, 0.15) is 16.1 Å². The fraction of sp³-hybridized carbons (Fsp3) is 0.240. The Morgan fingerprint density at radius 3 is 2.24 bits per heavy atom. The molecule has 33 heavy (non-hydrogen) atoms. The summed E-state index contributed by atoms with van der Waals surface area (Å²) in [5.74, 6) is 1.01. The highest BCUT2D eigenvalue weighted by molar-refractivity contribution is 7.89. The summed E-state index contributed by atoms with van der Waals surface area (Å²) >= 11 is 0. The standard InChI is InChI=1S/C25H26N2O5S/c1-26(2)33(29,30)23-11-5-20(6-12-23)25-14-10-22(32-25)9-13-24(28)19-3-7-21(8-4-19)27-15-17-31-18-16-27/h3-14H,15-18H2,1-2H3. The Balaban J connectivity index is 1.42. The number of sulfonamides is 1. The third-order valence-electron chi connectivity index (χ3n) is 5.47. The summed E-state index contributed by atoms with van der Waals surface area (Å²) in [6.45, 7) is 3.13. The first-order valence-electron chi connectivity index (χ1n) is 10.6. The number of morpholine rings is 1. The van der Waals surface area contributed by atoms with E-state index in [1.54, 1.807) is 42.5 Å². The number of anilines is 1. The average molecular weight is 467 g/mol. The quantitative estimate of drug-likeness (QED) is 0.388. The van der Waals surface area contributed by atoms with Crippen LogP contribution in [0.3, 0.4) is 0 Å². The Hall–Kier alpha value is -3.20. The number of carbonyl (C=O) groups is 1. The SMILES string of the molecule is CN(C)S(=O)(=O)c1ccc(-c2ccc(C=CC(=O)c3ccc(N4CCOCC4)cc3)o2)cc1. The van der Waals surface area contributed by atoms with Gasteiger partial charge in [-0.2, -0.15) is 0 Å². The molecule has 1 fully saturated rings. The lowest BCUT2D eigenvalue weighted by Gasteiger charge is -2.28. The number of benzene rings is 2. The van der Waals surface area contributed by atoms with Crippen molar-refractivity contribution in [2.75, 3.05) is 45.3 Å². The molecule has 0 spiro atoms. The van der Waals surface area contributed by atoms with E-state index in [1.807, 2.05) is 24.3 Å². The van der Waals surface area contributed by atoms with Crippen molar-refractivity contribution in [3.63, 3.8) is 0 Å². The van der Waals surface area contributed by atoms with Crippen LogP contribution in [0, 0.1) is 0 Å². The van der Waals surface area contributed by atoms with E-state index in [0.717, 1.165) is 24.3 Å². The predicted octanol–water partition coefficient (Wildman–Crippen LogP) is 3.93. The lowest BCUT2D eigenvalue weighted by atomic mass is 10.1. The minimum Gasteiger partial charge on any atom is -0.457 e. The topological polar surface area (TPSA) is 80.1 Å². The molecule has 4 rings (SSSR count). The molecular formula is C25H26N2O5S. The molecule has 1 aromatic heterocycles. The van der Waals surface area contributed by atoms with Gasteiger partial charge in [0.05, 0.1) is 18.1 Å². The molecule has 8 heteroatoms. The fourth-order valence-electron chi connectivity index (χ4n) is 3.51. The van der Waals surface area contributed by atoms with Gasteiger partial charge in [-0.1, -0.05) is 0 Å². The Kier molecular flexibility index (Phi) is 6.78. The van der Waals surface area contributed by atoms with Crippen molar-refractivity contribution in [1.29, 1.82) is 0 Å². The second kappa shape index (κ2) is 9.74. The Morgan fingerprint density at radius 1 is 0.939 bits per heavy atom. The van der Waals surface area contributed by atoms with Crippen LogP contribution in [0.2, 0.25) is 0 Å². The molecule has 1 saturated heterocycles. The molecule has 0 unspecified atom stereocenters. The van der Waals surface area contributed by atoms with Crippen molar-refractivity contribution in [3.05, 3.63) is 78.1 Å². The molecule has 0 radical (unpaired) electrons. The summed E-state index contributed by atoms with van der Waals surface area (Å²) in [7, 11) is -0.490. The van der Waals surface area contributed by atoms with Crippen molar-refractivity contribution in [2.45, 2.75) is 4.90 Å². The maximum absolute atomic E-state index is 12.5. The summed E-state index contributed by atoms with van der Waals surface area (Å²) in [5.41, 5.74) is 2.43. The fourth-order valence-corrected chi connectivity index (χ4v) is 4.41. The van der Waals surface area contributed by atoms with E-state index in [2.05, 4.69) is 4.90 Å². The van der Waals surface area contributed by atoms with Crippen molar-refractivity contribution in [1.82, 2.24) is 4.31 Å². The van der Waals surface area contributed by atoms with Crippen LogP contribution in [0.25, 0.3) is 17.4 Å². The van der Waals surface area contributed by atoms with Crippen LogP contribution in [-0.2, 0) is 14.8 Å². The van der Waals surface area contributed by atoms with Gasteiger partial charge in [-0.15, -0.1) is 0 Å². The summed E-state index contributed by atoms with van der Waals surface area (Å²) in [4.78, 5) is 15.0. The highest BCUT2D eigenvalue weighted by Gasteiger charge is 2.17. The van der Waals surface area contributed by atoms with Gasteiger partial charge < -0.3 is 14.1 Å². The van der Waals surface area contributed by atoms with Crippen LogP contribution in [0.5, 0.6) is 0 Å². The van der Waals surface area contributed by atoms with Gasteiger partial charge in [-0.05, 0) is 72.8 Å². The second-order valence-corrected chi connectivity index (χ2v) is 10.0. The number of hydrogen-bond acceptors (Lipinski definition) is 6. The zero-order chi connectivity index (χ0) is 23.4. The van der Waals surface area contributed by atoms with Gasteiger partial charge >= 0.3 is 0 Å². The van der Waals surface area contributed by atoms with E-state index in [0.29, 0.717) is 30.3 Å². The van der Waals surface area contributed by atoms with Crippen LogP contribution < -0.4 is 4.90 Å². The molecule has 1 aliphatic heterocycles. The second-order valence-electron chi connectivity index (χ2n) is 7.86. The number of ether oxygens (including phenoxy) is 1. The Morgan fingerprint density at radius 2 is 1.61 bits per heavy atom. The van der Waals surface area contributed by atoms with E-state index in [-0.39, 0.29) is 10.7 Å². The molecule has 0 bridgehead atoms. The number of rotatable bonds is 7. The maximum Gasteiger partial charge on any atom is 0.242 e. The van der Waals surface area contributed by atoms with Crippen molar-refractivity contribution in [2.24, 2.45) is 0 Å². The number of carbonyl (C=O) groups excluding carboxylic acids is 1. The zero-order valence-electron chi connectivity index (χ0n) is 18.6. The van der Waals surface area contributed by atoms with Gasteiger partial charge in [0.15, 0.2) is 5.78 Å². The summed E-state index contributed by atoms with van der Waals surface area (Å²) in [5, 5.41) is 0. The van der Waals surface area contributed by atoms with Gasteiger partial charge in [0, 0.05) is 44.0 Å². The third kappa shape index (κ3) is 5.24. The van der Waals surface area contributed by atoms with Crippen LogP contribution >= 0.6 is 0 Å². The van der Waals surface area contributed by atoms with E-state index in [9.17, 15) is 13.2 Å². The third-order valence-corrected chi connectivity index (χ3v) is 7.30. The van der Waals surface area contributed by atoms with Crippen molar-refractivity contribution in [3.8, 4) is 11.3 Å². The predicted molar refractivity (Wildman–Crippen MR) is 128 cm³/mol. The molecule has 7 nitrogen and oxygen atoms in total.